The van der Waals surface area contributed by atoms with Crippen molar-refractivity contribution >= 4 is 5.91 Å². The second kappa shape index (κ2) is 7.25. The molecule has 0 bridgehead atoms. The van der Waals surface area contributed by atoms with Crippen LogP contribution in [0.2, 0.25) is 0 Å². The molecule has 0 radical (unpaired) electrons. The average Bonchev–Trinajstić information content (AvgIpc) is 2.34. The number of rotatable bonds is 6. The van der Waals surface area contributed by atoms with Gasteiger partial charge in [-0.2, -0.15) is 0 Å². The zero-order valence-electron chi connectivity index (χ0n) is 12.9. The topological polar surface area (TPSA) is 52.6 Å². The van der Waals surface area contributed by atoms with Crippen molar-refractivity contribution in [3.05, 3.63) is 0 Å². The first-order chi connectivity index (χ1) is 8.91. The van der Waals surface area contributed by atoms with Crippen LogP contribution in [0.1, 0.15) is 53.4 Å². The molecule has 0 saturated carbocycles. The Morgan fingerprint density at radius 1 is 1.47 bits per heavy atom. The molecule has 0 aromatic carbocycles. The lowest BCUT2D eigenvalue weighted by Gasteiger charge is -2.44. The van der Waals surface area contributed by atoms with Gasteiger partial charge < -0.3 is 15.3 Å². The number of nitrogens with one attached hydrogen (secondary N) is 1. The highest BCUT2D eigenvalue weighted by Gasteiger charge is 2.37. The number of likely N-dealkylation sites (tertiary alicyclic amines) is 1. The van der Waals surface area contributed by atoms with E-state index in [9.17, 15) is 9.90 Å². The Morgan fingerprint density at radius 3 is 2.68 bits per heavy atom. The van der Waals surface area contributed by atoms with Crippen molar-refractivity contribution in [3.63, 3.8) is 0 Å². The summed E-state index contributed by atoms with van der Waals surface area (Å²) in [4.78, 5) is 14.6. The third-order valence-electron chi connectivity index (χ3n) is 3.89. The number of amides is 1. The molecule has 1 rings (SSSR count). The van der Waals surface area contributed by atoms with E-state index in [1.54, 1.807) is 0 Å². The van der Waals surface area contributed by atoms with Crippen LogP contribution in [-0.4, -0.2) is 47.7 Å². The molecule has 4 heteroatoms. The number of aliphatic hydroxyl groups excluding tert-OH is 1. The molecule has 1 heterocycles. The van der Waals surface area contributed by atoms with Gasteiger partial charge in [-0.25, -0.2) is 0 Å². The molecule has 1 aliphatic rings. The first-order valence-electron chi connectivity index (χ1n) is 7.56. The summed E-state index contributed by atoms with van der Waals surface area (Å²) in [6, 6.07) is 0.0912. The van der Waals surface area contributed by atoms with E-state index in [0.29, 0.717) is 6.42 Å². The van der Waals surface area contributed by atoms with Crippen molar-refractivity contribution in [2.45, 2.75) is 65.5 Å². The fourth-order valence-electron chi connectivity index (χ4n) is 2.90. The number of hydrogen-bond acceptors (Lipinski definition) is 3. The molecule has 2 unspecified atom stereocenters. The smallest absolute Gasteiger partial charge is 0.239 e. The van der Waals surface area contributed by atoms with Crippen LogP contribution >= 0.6 is 0 Å². The lowest BCUT2D eigenvalue weighted by molar-refractivity contribution is -0.141. The molecule has 1 aliphatic heterocycles. The number of hydrogen-bond donors (Lipinski definition) is 2. The van der Waals surface area contributed by atoms with Crippen molar-refractivity contribution in [1.29, 1.82) is 0 Å². The molecule has 2 atom stereocenters. The molecule has 4 nitrogen and oxygen atoms in total. The maximum Gasteiger partial charge on any atom is 0.239 e. The minimum Gasteiger partial charge on any atom is -0.396 e. The van der Waals surface area contributed by atoms with E-state index < -0.39 is 0 Å². The monoisotopic (exact) mass is 270 g/mol. The van der Waals surface area contributed by atoms with Crippen LogP contribution in [0, 0.1) is 5.41 Å². The van der Waals surface area contributed by atoms with Gasteiger partial charge in [-0.1, -0.05) is 27.7 Å². The van der Waals surface area contributed by atoms with Gasteiger partial charge in [0.05, 0.1) is 6.04 Å². The SMILES string of the molecule is CCCNC1CCCN(C(CCO)C(C)(C)C)C1=O. The molecular formula is C15H30N2O2. The molecule has 1 fully saturated rings. The second-order valence-corrected chi connectivity index (χ2v) is 6.57. The van der Waals surface area contributed by atoms with E-state index in [1.165, 1.54) is 0 Å². The fraction of sp³-hybridized carbons (Fsp3) is 0.933. The van der Waals surface area contributed by atoms with Gasteiger partial charge in [-0.05, 0) is 37.6 Å². The summed E-state index contributed by atoms with van der Waals surface area (Å²) in [5.41, 5.74) is 0.00500. The standard InChI is InChI=1S/C15H30N2O2/c1-5-9-16-12-7-6-10-17(14(12)19)13(8-11-18)15(2,3)4/h12-13,16,18H,5-11H2,1-4H3. The van der Waals surface area contributed by atoms with E-state index in [0.717, 1.165) is 32.4 Å². The molecule has 0 aliphatic carbocycles. The summed E-state index contributed by atoms with van der Waals surface area (Å²) in [5.74, 6) is 0.216. The minimum absolute atomic E-state index is 0.00500. The first-order valence-corrected chi connectivity index (χ1v) is 7.56. The van der Waals surface area contributed by atoms with Gasteiger partial charge in [-0.3, -0.25) is 4.79 Å². The zero-order valence-corrected chi connectivity index (χ0v) is 12.9. The van der Waals surface area contributed by atoms with E-state index in [1.807, 2.05) is 4.90 Å². The molecule has 19 heavy (non-hydrogen) atoms. The number of nitrogens with zero attached hydrogens (tertiary/aromatic N) is 1. The summed E-state index contributed by atoms with van der Waals surface area (Å²) >= 11 is 0. The van der Waals surface area contributed by atoms with Crippen LogP contribution in [0.5, 0.6) is 0 Å². The van der Waals surface area contributed by atoms with Gasteiger partial charge in [0, 0.05) is 19.2 Å². The Morgan fingerprint density at radius 2 is 2.16 bits per heavy atom. The van der Waals surface area contributed by atoms with Gasteiger partial charge in [0.1, 0.15) is 0 Å². The lowest BCUT2D eigenvalue weighted by atomic mass is 9.82. The maximum absolute atomic E-state index is 12.6. The van der Waals surface area contributed by atoms with Crippen molar-refractivity contribution < 1.29 is 9.90 Å². The van der Waals surface area contributed by atoms with E-state index in [-0.39, 0.29) is 30.0 Å². The molecule has 112 valence electrons. The number of aliphatic hydroxyl groups is 1. The number of carbonyl (C=O) groups excluding carboxylic acids is 1. The Kier molecular flexibility index (Phi) is 6.27. The predicted molar refractivity (Wildman–Crippen MR) is 78.0 cm³/mol. The summed E-state index contributed by atoms with van der Waals surface area (Å²) in [6.45, 7) is 10.4. The first kappa shape index (κ1) is 16.4. The van der Waals surface area contributed by atoms with Crippen molar-refractivity contribution in [1.82, 2.24) is 10.2 Å². The molecule has 1 saturated heterocycles. The van der Waals surface area contributed by atoms with Gasteiger partial charge in [0.15, 0.2) is 0 Å². The van der Waals surface area contributed by atoms with Crippen molar-refractivity contribution in [2.24, 2.45) is 5.41 Å². The minimum atomic E-state index is -0.0303. The van der Waals surface area contributed by atoms with E-state index >= 15 is 0 Å². The van der Waals surface area contributed by atoms with E-state index in [2.05, 4.69) is 33.0 Å². The van der Waals surface area contributed by atoms with Crippen LogP contribution in [0.4, 0.5) is 0 Å². The fourth-order valence-corrected chi connectivity index (χ4v) is 2.90. The third kappa shape index (κ3) is 4.46. The summed E-state index contributed by atoms with van der Waals surface area (Å²) in [6.07, 6.45) is 3.69. The Bertz CT molecular complexity index is 286. The summed E-state index contributed by atoms with van der Waals surface area (Å²) < 4.78 is 0. The van der Waals surface area contributed by atoms with Crippen LogP contribution in [0.25, 0.3) is 0 Å². The van der Waals surface area contributed by atoms with Gasteiger partial charge in [0.25, 0.3) is 0 Å². The van der Waals surface area contributed by atoms with Crippen LogP contribution in [0.15, 0.2) is 0 Å². The molecule has 1 amide bonds. The number of carbonyl (C=O) groups is 1. The quantitative estimate of drug-likeness (QED) is 0.773. The Balaban J connectivity index is 2.76. The highest BCUT2D eigenvalue weighted by molar-refractivity contribution is 5.83. The number of piperidine rings is 1. The maximum atomic E-state index is 12.6. The molecule has 0 spiro atoms. The Labute approximate surface area is 117 Å². The molecule has 2 N–H and O–H groups in total. The normalized spacial score (nSPS) is 22.7. The van der Waals surface area contributed by atoms with Crippen molar-refractivity contribution in [3.8, 4) is 0 Å². The highest BCUT2D eigenvalue weighted by Crippen LogP contribution is 2.29. The Hall–Kier alpha value is -0.610. The van der Waals surface area contributed by atoms with Gasteiger partial charge >= 0.3 is 0 Å². The second-order valence-electron chi connectivity index (χ2n) is 6.57. The van der Waals surface area contributed by atoms with Crippen molar-refractivity contribution in [2.75, 3.05) is 19.7 Å². The highest BCUT2D eigenvalue weighted by atomic mass is 16.3. The molecule has 0 aromatic heterocycles. The predicted octanol–water partition coefficient (Wildman–Crippen LogP) is 1.77. The van der Waals surface area contributed by atoms with Gasteiger partial charge in [-0.15, -0.1) is 0 Å². The lowest BCUT2D eigenvalue weighted by Crippen LogP contribution is -2.57. The molecule has 0 aromatic rings. The van der Waals surface area contributed by atoms with Crippen LogP contribution < -0.4 is 5.32 Å². The zero-order chi connectivity index (χ0) is 14.5. The van der Waals surface area contributed by atoms with Crippen LogP contribution in [-0.2, 0) is 4.79 Å². The van der Waals surface area contributed by atoms with Gasteiger partial charge in [0.2, 0.25) is 5.91 Å². The third-order valence-corrected chi connectivity index (χ3v) is 3.89. The van der Waals surface area contributed by atoms with Crippen LogP contribution in [0.3, 0.4) is 0 Å². The summed E-state index contributed by atoms with van der Waals surface area (Å²) in [5, 5.41) is 12.6. The molecular weight excluding hydrogens is 240 g/mol. The van der Waals surface area contributed by atoms with E-state index in [4.69, 9.17) is 0 Å². The largest absolute Gasteiger partial charge is 0.396 e. The summed E-state index contributed by atoms with van der Waals surface area (Å²) in [7, 11) is 0. The average molecular weight is 270 g/mol.